The van der Waals surface area contributed by atoms with Crippen molar-refractivity contribution in [3.05, 3.63) is 57.0 Å². The third kappa shape index (κ3) is 5.89. The number of anilines is 1. The zero-order valence-corrected chi connectivity index (χ0v) is 21.9. The van der Waals surface area contributed by atoms with Crippen LogP contribution in [0.15, 0.2) is 46.5 Å². The van der Waals surface area contributed by atoms with Crippen LogP contribution in [0, 0.1) is 10.1 Å². The number of non-ortho nitro benzene ring substituents is 1. The van der Waals surface area contributed by atoms with Crippen molar-refractivity contribution >= 4 is 35.2 Å². The molecule has 0 atom stereocenters. The minimum atomic E-state index is -1.19. The highest BCUT2D eigenvalue weighted by Crippen LogP contribution is 2.35. The molecule has 38 heavy (non-hydrogen) atoms. The van der Waals surface area contributed by atoms with Gasteiger partial charge in [0, 0.05) is 54.6 Å². The highest BCUT2D eigenvalue weighted by atomic mass is 32.2. The average Bonchev–Trinajstić information content (AvgIpc) is 3.35. The molecule has 0 saturated carbocycles. The van der Waals surface area contributed by atoms with Gasteiger partial charge in [0.2, 0.25) is 0 Å². The quantitative estimate of drug-likeness (QED) is 0.173. The lowest BCUT2D eigenvalue weighted by Crippen LogP contribution is -2.36. The molecule has 1 saturated heterocycles. The molecule has 200 valence electrons. The summed E-state index contributed by atoms with van der Waals surface area (Å²) >= 11 is 0.923. The highest BCUT2D eigenvalue weighted by Gasteiger charge is 2.22. The van der Waals surface area contributed by atoms with E-state index in [0.717, 1.165) is 11.8 Å². The van der Waals surface area contributed by atoms with Crippen molar-refractivity contribution < 1.29 is 29.0 Å². The van der Waals surface area contributed by atoms with Gasteiger partial charge in [0.05, 0.1) is 32.4 Å². The predicted molar refractivity (Wildman–Crippen MR) is 142 cm³/mol. The molecule has 1 aromatic heterocycles. The minimum absolute atomic E-state index is 0.0584. The number of nitro groups is 1. The Balaban J connectivity index is 1.75. The number of carboxylic acids is 1. The number of nitro benzene ring substituents is 1. The molecule has 1 aliphatic rings. The molecule has 2 aromatic carbocycles. The summed E-state index contributed by atoms with van der Waals surface area (Å²) in [5, 5.41) is 30.4. The molecule has 0 bridgehead atoms. The Morgan fingerprint density at radius 1 is 1.16 bits per heavy atom. The van der Waals surface area contributed by atoms with Crippen molar-refractivity contribution in [2.75, 3.05) is 45.4 Å². The van der Waals surface area contributed by atoms with Gasteiger partial charge >= 0.3 is 5.97 Å². The fourth-order valence-corrected chi connectivity index (χ4v) is 4.91. The van der Waals surface area contributed by atoms with E-state index in [-0.39, 0.29) is 10.6 Å². The lowest BCUT2D eigenvalue weighted by atomic mass is 10.1. The molecule has 1 fully saturated rings. The molecule has 2 heterocycles. The zero-order valence-electron chi connectivity index (χ0n) is 21.1. The molecule has 1 N–H and O–H groups in total. The standard InChI is InChI=1S/C25H27N5O7S/c1-4-29-23(17-12-19(35-2)15-20(13-17)36-3)26-27-25(29)38-22(24(31)32)14-16-11-18(30(33)34)5-6-21(16)28-7-9-37-10-8-28/h5-6,11-15H,4,7-10H2,1-3H3,(H,31,32)/b22-14-. The summed E-state index contributed by atoms with van der Waals surface area (Å²) in [5.74, 6) is 0.476. The number of thioether (sulfide) groups is 1. The third-order valence-electron chi connectivity index (χ3n) is 5.92. The van der Waals surface area contributed by atoms with Gasteiger partial charge in [-0.15, -0.1) is 10.2 Å². The van der Waals surface area contributed by atoms with Crippen LogP contribution >= 0.6 is 11.8 Å². The molecule has 0 spiro atoms. The monoisotopic (exact) mass is 541 g/mol. The van der Waals surface area contributed by atoms with Crippen LogP contribution in [0.4, 0.5) is 11.4 Å². The normalized spacial score (nSPS) is 13.9. The van der Waals surface area contributed by atoms with Crippen molar-refractivity contribution in [3.8, 4) is 22.9 Å². The summed E-state index contributed by atoms with van der Waals surface area (Å²) in [6, 6.07) is 9.76. The summed E-state index contributed by atoms with van der Waals surface area (Å²) in [7, 11) is 3.10. The van der Waals surface area contributed by atoms with Gasteiger partial charge in [-0.05, 0) is 43.0 Å². The van der Waals surface area contributed by atoms with Crippen LogP contribution < -0.4 is 14.4 Å². The van der Waals surface area contributed by atoms with Crippen LogP contribution in [0.5, 0.6) is 11.5 Å². The lowest BCUT2D eigenvalue weighted by molar-refractivity contribution is -0.384. The van der Waals surface area contributed by atoms with Gasteiger partial charge in [-0.3, -0.25) is 10.1 Å². The van der Waals surface area contributed by atoms with Gasteiger partial charge in [-0.25, -0.2) is 4.79 Å². The smallest absolute Gasteiger partial charge is 0.342 e. The van der Waals surface area contributed by atoms with Crippen LogP contribution in [0.25, 0.3) is 17.5 Å². The van der Waals surface area contributed by atoms with E-state index in [2.05, 4.69) is 10.2 Å². The number of aromatic nitrogens is 3. The number of nitrogens with zero attached hydrogens (tertiary/aromatic N) is 5. The third-order valence-corrected chi connectivity index (χ3v) is 6.91. The van der Waals surface area contributed by atoms with E-state index in [1.54, 1.807) is 43.1 Å². The number of aliphatic carboxylic acids is 1. The first-order valence-corrected chi connectivity index (χ1v) is 12.6. The van der Waals surface area contributed by atoms with Crippen LogP contribution in [0.1, 0.15) is 12.5 Å². The maximum atomic E-state index is 12.3. The first-order chi connectivity index (χ1) is 18.3. The van der Waals surface area contributed by atoms with E-state index in [1.165, 1.54) is 18.2 Å². The SMILES string of the molecule is CCn1c(S/C(=C\c2cc([N+](=O)[O-])ccc2N2CCOCC2)C(=O)O)nnc1-c1cc(OC)cc(OC)c1. The molecule has 0 aliphatic carbocycles. The topological polar surface area (TPSA) is 142 Å². The van der Waals surface area contributed by atoms with Crippen LogP contribution in [0.2, 0.25) is 0 Å². The molecule has 1 aliphatic heterocycles. The summed E-state index contributed by atoms with van der Waals surface area (Å²) in [6.45, 7) is 4.57. The number of hydrogen-bond donors (Lipinski definition) is 1. The van der Waals surface area contributed by atoms with Gasteiger partial charge < -0.3 is 28.8 Å². The minimum Gasteiger partial charge on any atom is -0.497 e. The molecule has 0 unspecified atom stereocenters. The maximum absolute atomic E-state index is 12.3. The largest absolute Gasteiger partial charge is 0.497 e. The molecular weight excluding hydrogens is 514 g/mol. The first kappa shape index (κ1) is 26.9. The van der Waals surface area contributed by atoms with Crippen molar-refractivity contribution in [2.45, 2.75) is 18.6 Å². The molecule has 4 rings (SSSR count). The van der Waals surface area contributed by atoms with E-state index in [1.807, 2.05) is 11.8 Å². The Kier molecular flexibility index (Phi) is 8.48. The van der Waals surface area contributed by atoms with Crippen molar-refractivity contribution in [3.63, 3.8) is 0 Å². The van der Waals surface area contributed by atoms with Crippen LogP contribution in [-0.2, 0) is 16.1 Å². The maximum Gasteiger partial charge on any atom is 0.342 e. The van der Waals surface area contributed by atoms with Gasteiger partial charge in [0.25, 0.3) is 5.69 Å². The van der Waals surface area contributed by atoms with E-state index in [0.29, 0.717) is 72.1 Å². The molecule has 3 aromatic rings. The second kappa shape index (κ2) is 12.0. The number of ether oxygens (including phenoxy) is 3. The molecule has 0 radical (unpaired) electrons. The van der Waals surface area contributed by atoms with Gasteiger partial charge in [-0.2, -0.15) is 0 Å². The number of methoxy groups -OCH3 is 2. The summed E-state index contributed by atoms with van der Waals surface area (Å²) in [4.78, 5) is 25.2. The number of benzene rings is 2. The number of carbonyl (C=O) groups is 1. The van der Waals surface area contributed by atoms with E-state index in [4.69, 9.17) is 14.2 Å². The summed E-state index contributed by atoms with van der Waals surface area (Å²) in [5.41, 5.74) is 1.68. The molecule has 12 nitrogen and oxygen atoms in total. The Labute approximate surface area is 223 Å². The first-order valence-electron chi connectivity index (χ1n) is 11.7. The van der Waals surface area contributed by atoms with E-state index < -0.39 is 10.9 Å². The number of hydrogen-bond acceptors (Lipinski definition) is 10. The molecular formula is C25H27N5O7S. The number of rotatable bonds is 10. The van der Waals surface area contributed by atoms with Crippen molar-refractivity contribution in [1.29, 1.82) is 0 Å². The number of carboxylic acid groups (broad SMARTS) is 1. The second-order valence-corrected chi connectivity index (χ2v) is 9.18. The van der Waals surface area contributed by atoms with Gasteiger partial charge in [-0.1, -0.05) is 0 Å². The van der Waals surface area contributed by atoms with Crippen LogP contribution in [-0.4, -0.2) is 71.3 Å². The van der Waals surface area contributed by atoms with Gasteiger partial charge in [0.15, 0.2) is 11.0 Å². The zero-order chi connectivity index (χ0) is 27.2. The van der Waals surface area contributed by atoms with Crippen molar-refractivity contribution in [1.82, 2.24) is 14.8 Å². The summed E-state index contributed by atoms with van der Waals surface area (Å²) in [6.07, 6.45) is 1.44. The Morgan fingerprint density at radius 3 is 2.42 bits per heavy atom. The van der Waals surface area contributed by atoms with E-state index in [9.17, 15) is 20.0 Å². The highest BCUT2D eigenvalue weighted by molar-refractivity contribution is 8.04. The Morgan fingerprint density at radius 2 is 1.84 bits per heavy atom. The Hall–Kier alpha value is -4.10. The molecule has 13 heteroatoms. The van der Waals surface area contributed by atoms with Crippen molar-refractivity contribution in [2.24, 2.45) is 0 Å². The summed E-state index contributed by atoms with van der Waals surface area (Å²) < 4.78 is 17.9. The number of morpholine rings is 1. The average molecular weight is 542 g/mol. The fraction of sp³-hybridized carbons (Fsp3) is 0.320. The molecule has 0 amide bonds. The second-order valence-electron chi connectivity index (χ2n) is 8.17. The van der Waals surface area contributed by atoms with Gasteiger partial charge in [0.1, 0.15) is 16.4 Å². The predicted octanol–water partition coefficient (Wildman–Crippen LogP) is 3.94. The van der Waals surface area contributed by atoms with E-state index >= 15 is 0 Å². The Bertz CT molecular complexity index is 1350. The lowest BCUT2D eigenvalue weighted by Gasteiger charge is -2.30. The van der Waals surface area contributed by atoms with Crippen LogP contribution in [0.3, 0.4) is 0 Å². The fourth-order valence-electron chi connectivity index (χ4n) is 4.04.